The molecule has 0 saturated heterocycles. The van der Waals surface area contributed by atoms with Gasteiger partial charge < -0.3 is 9.73 Å². The summed E-state index contributed by atoms with van der Waals surface area (Å²) in [4.78, 5) is 5.25. The smallest absolute Gasteiger partial charge is 0.139 e. The summed E-state index contributed by atoms with van der Waals surface area (Å²) in [5, 5.41) is 12.2. The Morgan fingerprint density at radius 2 is 1.55 bits per heavy atom. The van der Waals surface area contributed by atoms with Crippen LogP contribution in [0.25, 0.3) is 71.0 Å². The summed E-state index contributed by atoms with van der Waals surface area (Å²) >= 11 is 0. The maximum absolute atomic E-state index is 6.33. The molecule has 0 amide bonds. The summed E-state index contributed by atoms with van der Waals surface area (Å²) in [6.45, 7) is 0. The quantitative estimate of drug-likeness (QED) is 0.238. The highest BCUT2D eigenvalue weighted by Crippen LogP contribution is 2.50. The molecule has 10 rings (SSSR count). The van der Waals surface area contributed by atoms with Gasteiger partial charge in [-0.1, -0.05) is 72.8 Å². The van der Waals surface area contributed by atoms with E-state index in [2.05, 4.69) is 119 Å². The van der Waals surface area contributed by atoms with E-state index in [1.54, 1.807) is 0 Å². The van der Waals surface area contributed by atoms with Crippen molar-refractivity contribution in [3.63, 3.8) is 0 Å². The predicted molar refractivity (Wildman–Crippen MR) is 167 cm³/mol. The number of nitrogens with zero attached hydrogens (tertiary/aromatic N) is 2. The zero-order valence-electron chi connectivity index (χ0n) is 21.3. The minimum absolute atomic E-state index is 0.0471. The van der Waals surface area contributed by atoms with Crippen molar-refractivity contribution in [3.8, 4) is 11.1 Å². The Morgan fingerprint density at radius 1 is 0.675 bits per heavy atom. The Morgan fingerprint density at radius 3 is 2.52 bits per heavy atom. The molecule has 40 heavy (non-hydrogen) atoms. The molecule has 0 spiro atoms. The van der Waals surface area contributed by atoms with Crippen LogP contribution in [0.3, 0.4) is 0 Å². The van der Waals surface area contributed by atoms with Crippen LogP contribution < -0.4 is 5.32 Å². The van der Waals surface area contributed by atoms with Gasteiger partial charge in [-0.05, 0) is 64.4 Å². The molecule has 8 aromatic rings. The molecule has 1 N–H and O–H groups in total. The van der Waals surface area contributed by atoms with Crippen LogP contribution >= 0.6 is 0 Å². The zero-order valence-corrected chi connectivity index (χ0v) is 21.3. The minimum atomic E-state index is 0.0471. The summed E-state index contributed by atoms with van der Waals surface area (Å²) in [7, 11) is 0. The molecule has 4 nitrogen and oxygen atoms in total. The molecule has 186 valence electrons. The lowest BCUT2D eigenvalue weighted by molar-refractivity contribution is 0.669. The van der Waals surface area contributed by atoms with Crippen LogP contribution in [0.15, 0.2) is 125 Å². The van der Waals surface area contributed by atoms with Gasteiger partial charge in [-0.3, -0.25) is 4.40 Å². The Labute approximate surface area is 228 Å². The average Bonchev–Trinajstić information content (AvgIpc) is 3.65. The lowest BCUT2D eigenvalue weighted by Gasteiger charge is -2.23. The number of aliphatic imine (C=N–C) groups is 1. The molecule has 1 aliphatic carbocycles. The first kappa shape index (κ1) is 20.6. The highest BCUT2D eigenvalue weighted by molar-refractivity contribution is 6.29. The van der Waals surface area contributed by atoms with E-state index in [-0.39, 0.29) is 6.04 Å². The standard InChI is InChI=1S/C36H21N3O/c1-2-8-21-17-22(14-13-20(21)7-1)23-18-26-24-15-16-31-32(25-9-3-6-12-30(25)40-31)35(24)39-34(26)27(19-23)33-36(39)38-29-11-5-4-10-28(29)37-33/h1-19,29,38H. The number of fused-ring (bicyclic) bond motifs is 12. The summed E-state index contributed by atoms with van der Waals surface area (Å²) in [6.07, 6.45) is 8.44. The van der Waals surface area contributed by atoms with Crippen molar-refractivity contribution < 1.29 is 4.42 Å². The zero-order chi connectivity index (χ0) is 25.9. The molecule has 0 radical (unpaired) electrons. The fourth-order valence-electron chi connectivity index (χ4n) is 6.90. The second-order valence-electron chi connectivity index (χ2n) is 10.9. The largest absolute Gasteiger partial charge is 0.456 e. The molecular formula is C36H21N3O. The number of nitrogens with one attached hydrogen (secondary N) is 1. The van der Waals surface area contributed by atoms with Gasteiger partial charge in [0.1, 0.15) is 22.7 Å². The van der Waals surface area contributed by atoms with Crippen LogP contribution in [0.2, 0.25) is 0 Å². The van der Waals surface area contributed by atoms with Gasteiger partial charge in [0.05, 0.1) is 28.2 Å². The first-order valence-electron chi connectivity index (χ1n) is 13.7. The molecule has 0 fully saturated rings. The van der Waals surface area contributed by atoms with Gasteiger partial charge in [-0.25, -0.2) is 4.99 Å². The van der Waals surface area contributed by atoms with E-state index in [1.165, 1.54) is 43.7 Å². The topological polar surface area (TPSA) is 41.9 Å². The molecule has 1 unspecified atom stereocenters. The fourth-order valence-corrected chi connectivity index (χ4v) is 6.90. The number of anilines is 1. The molecular weight excluding hydrogens is 490 g/mol. The highest BCUT2D eigenvalue weighted by atomic mass is 16.3. The van der Waals surface area contributed by atoms with E-state index in [9.17, 15) is 0 Å². The van der Waals surface area contributed by atoms with Crippen LogP contribution in [0, 0.1) is 0 Å². The normalized spacial score (nSPS) is 16.4. The fraction of sp³-hybridized carbons (Fsp3) is 0.0278. The molecule has 2 aliphatic rings. The van der Waals surface area contributed by atoms with Gasteiger partial charge in [0.25, 0.3) is 0 Å². The third kappa shape index (κ3) is 2.53. The first-order chi connectivity index (χ1) is 19.8. The van der Waals surface area contributed by atoms with E-state index in [4.69, 9.17) is 9.41 Å². The number of rotatable bonds is 1. The molecule has 4 heterocycles. The van der Waals surface area contributed by atoms with Gasteiger partial charge in [-0.2, -0.15) is 0 Å². The summed E-state index contributed by atoms with van der Waals surface area (Å²) < 4.78 is 8.73. The second kappa shape index (κ2) is 7.19. The van der Waals surface area contributed by atoms with Gasteiger partial charge in [0.15, 0.2) is 0 Å². The molecule has 0 bridgehead atoms. The summed E-state index contributed by atoms with van der Waals surface area (Å²) in [6, 6.07) is 32.7. The number of aromatic nitrogens is 1. The maximum Gasteiger partial charge on any atom is 0.139 e. The van der Waals surface area contributed by atoms with Gasteiger partial charge in [-0.15, -0.1) is 0 Å². The third-order valence-electron chi connectivity index (χ3n) is 8.68. The van der Waals surface area contributed by atoms with E-state index in [0.717, 1.165) is 44.5 Å². The van der Waals surface area contributed by atoms with Crippen molar-refractivity contribution in [2.24, 2.45) is 4.99 Å². The maximum atomic E-state index is 6.33. The number of hydrogen-bond acceptors (Lipinski definition) is 3. The van der Waals surface area contributed by atoms with Crippen LogP contribution in [0.4, 0.5) is 11.5 Å². The van der Waals surface area contributed by atoms with Crippen molar-refractivity contribution in [2.75, 3.05) is 5.32 Å². The first-order valence-corrected chi connectivity index (χ1v) is 13.7. The van der Waals surface area contributed by atoms with Crippen molar-refractivity contribution in [3.05, 3.63) is 115 Å². The van der Waals surface area contributed by atoms with Gasteiger partial charge in [0.2, 0.25) is 0 Å². The predicted octanol–water partition coefficient (Wildman–Crippen LogP) is 9.40. The average molecular weight is 512 g/mol. The second-order valence-corrected chi connectivity index (χ2v) is 10.9. The number of allylic oxidation sites excluding steroid dienone is 2. The summed E-state index contributed by atoms with van der Waals surface area (Å²) in [5.74, 6) is 1.04. The SMILES string of the molecule is C1=CC2=Nc3c(n4c5c3cc(-c3ccc6ccccc6c3)cc5c3ccc5oc6ccccc6c5c34)NC2C=C1. The molecule has 1 atom stereocenters. The van der Waals surface area contributed by atoms with Crippen molar-refractivity contribution >= 4 is 77.1 Å². The number of furan rings is 1. The molecule has 0 saturated carbocycles. The third-order valence-corrected chi connectivity index (χ3v) is 8.68. The molecule has 3 aromatic heterocycles. The van der Waals surface area contributed by atoms with Crippen LogP contribution in [0.5, 0.6) is 0 Å². The minimum Gasteiger partial charge on any atom is -0.456 e. The molecule has 1 aliphatic heterocycles. The van der Waals surface area contributed by atoms with Gasteiger partial charge >= 0.3 is 0 Å². The number of benzene rings is 5. The van der Waals surface area contributed by atoms with Crippen molar-refractivity contribution in [2.45, 2.75) is 6.04 Å². The van der Waals surface area contributed by atoms with Crippen LogP contribution in [-0.4, -0.2) is 16.2 Å². The number of para-hydroxylation sites is 1. The lowest BCUT2D eigenvalue weighted by Crippen LogP contribution is -2.30. The van der Waals surface area contributed by atoms with Crippen LogP contribution in [-0.2, 0) is 0 Å². The Hall–Kier alpha value is -5.35. The lowest BCUT2D eigenvalue weighted by atomic mass is 9.97. The Balaban J connectivity index is 1.39. The van der Waals surface area contributed by atoms with Crippen molar-refractivity contribution in [1.82, 2.24) is 4.40 Å². The highest BCUT2D eigenvalue weighted by Gasteiger charge is 2.30. The molecule has 4 heteroatoms. The number of hydrogen-bond donors (Lipinski definition) is 1. The van der Waals surface area contributed by atoms with E-state index in [1.807, 2.05) is 6.07 Å². The monoisotopic (exact) mass is 511 g/mol. The van der Waals surface area contributed by atoms with Crippen LogP contribution in [0.1, 0.15) is 0 Å². The Bertz CT molecular complexity index is 2470. The summed E-state index contributed by atoms with van der Waals surface area (Å²) in [5.41, 5.74) is 8.62. The molecule has 5 aromatic carbocycles. The van der Waals surface area contributed by atoms with Crippen molar-refractivity contribution in [1.29, 1.82) is 0 Å². The van der Waals surface area contributed by atoms with E-state index >= 15 is 0 Å². The van der Waals surface area contributed by atoms with Gasteiger partial charge in [0, 0.05) is 21.5 Å². The van der Waals surface area contributed by atoms with E-state index < -0.39 is 0 Å². The Kier molecular flexibility index (Phi) is 3.70. The van der Waals surface area contributed by atoms with E-state index in [0.29, 0.717) is 0 Å².